The summed E-state index contributed by atoms with van der Waals surface area (Å²) in [6.07, 6.45) is -4.56. The van der Waals surface area contributed by atoms with Crippen LogP contribution < -0.4 is 10.1 Å². The fraction of sp³-hybridized carbons (Fsp3) is 0.211. The maximum atomic E-state index is 13.0. The third-order valence-electron chi connectivity index (χ3n) is 4.02. The van der Waals surface area contributed by atoms with Gasteiger partial charge in [0.05, 0.1) is 29.2 Å². The van der Waals surface area contributed by atoms with Crippen molar-refractivity contribution in [2.24, 2.45) is 0 Å². The number of anilines is 1. The Labute approximate surface area is 169 Å². The molecule has 0 radical (unpaired) electrons. The highest BCUT2D eigenvalue weighted by molar-refractivity contribution is 6.30. The zero-order valence-corrected chi connectivity index (χ0v) is 16.2. The molecule has 3 aromatic rings. The summed E-state index contributed by atoms with van der Waals surface area (Å²) in [6, 6.07) is 9.65. The van der Waals surface area contributed by atoms with Crippen LogP contribution in [0.25, 0.3) is 5.69 Å². The molecule has 0 saturated heterocycles. The molecule has 0 aliphatic heterocycles. The number of carbonyl (C=O) groups excluding carboxylic acids is 1. The zero-order chi connectivity index (χ0) is 21.2. The summed E-state index contributed by atoms with van der Waals surface area (Å²) in [5, 5.41) is 10.7. The van der Waals surface area contributed by atoms with E-state index < -0.39 is 17.6 Å². The lowest BCUT2D eigenvalue weighted by Gasteiger charge is -2.14. The van der Waals surface area contributed by atoms with Crippen LogP contribution in [0.5, 0.6) is 5.75 Å². The van der Waals surface area contributed by atoms with Crippen molar-refractivity contribution in [1.29, 1.82) is 0 Å². The number of halogens is 4. The molecule has 1 aromatic heterocycles. The van der Waals surface area contributed by atoms with Crippen molar-refractivity contribution in [2.75, 3.05) is 11.9 Å². The van der Waals surface area contributed by atoms with Crippen molar-refractivity contribution in [3.63, 3.8) is 0 Å². The van der Waals surface area contributed by atoms with Gasteiger partial charge in [-0.15, -0.1) is 5.10 Å². The van der Waals surface area contributed by atoms with E-state index >= 15 is 0 Å². The number of hydrogen-bond acceptors (Lipinski definition) is 4. The predicted octanol–water partition coefficient (Wildman–Crippen LogP) is 4.90. The van der Waals surface area contributed by atoms with E-state index in [0.717, 1.165) is 18.2 Å². The molecular weight excluding hydrogens is 409 g/mol. The summed E-state index contributed by atoms with van der Waals surface area (Å²) in [7, 11) is 0. The second-order valence-electron chi connectivity index (χ2n) is 6.01. The van der Waals surface area contributed by atoms with Crippen LogP contribution in [0.1, 0.15) is 28.7 Å². The van der Waals surface area contributed by atoms with Crippen molar-refractivity contribution in [2.45, 2.75) is 20.0 Å². The number of amides is 1. The van der Waals surface area contributed by atoms with Gasteiger partial charge in [-0.05, 0) is 50.2 Å². The number of carbonyl (C=O) groups is 1. The van der Waals surface area contributed by atoms with E-state index in [9.17, 15) is 18.0 Å². The Morgan fingerprint density at radius 1 is 1.24 bits per heavy atom. The molecule has 0 saturated carbocycles. The molecule has 1 amide bonds. The van der Waals surface area contributed by atoms with Gasteiger partial charge in [-0.3, -0.25) is 4.79 Å². The number of aromatic nitrogens is 3. The molecule has 0 atom stereocenters. The van der Waals surface area contributed by atoms with Crippen LogP contribution >= 0.6 is 11.6 Å². The van der Waals surface area contributed by atoms with E-state index in [1.54, 1.807) is 38.1 Å². The fourth-order valence-corrected chi connectivity index (χ4v) is 2.84. The molecule has 152 valence electrons. The number of nitrogens with zero attached hydrogens (tertiary/aromatic N) is 3. The van der Waals surface area contributed by atoms with Crippen LogP contribution in [0, 0.1) is 6.92 Å². The Kier molecular flexibility index (Phi) is 5.78. The summed E-state index contributed by atoms with van der Waals surface area (Å²) in [6.45, 7) is 3.52. The summed E-state index contributed by atoms with van der Waals surface area (Å²) in [5.41, 5.74) is -0.0610. The van der Waals surface area contributed by atoms with Gasteiger partial charge >= 0.3 is 6.18 Å². The van der Waals surface area contributed by atoms with Crippen molar-refractivity contribution in [3.05, 3.63) is 64.4 Å². The lowest BCUT2D eigenvalue weighted by Crippen LogP contribution is -2.16. The van der Waals surface area contributed by atoms with Crippen molar-refractivity contribution in [1.82, 2.24) is 15.0 Å². The first-order valence-electron chi connectivity index (χ1n) is 8.54. The van der Waals surface area contributed by atoms with Crippen LogP contribution in [0.3, 0.4) is 0 Å². The first kappa shape index (κ1) is 20.7. The Morgan fingerprint density at radius 2 is 2.00 bits per heavy atom. The minimum Gasteiger partial charge on any atom is -0.492 e. The first-order valence-corrected chi connectivity index (χ1v) is 8.92. The van der Waals surface area contributed by atoms with Gasteiger partial charge in [0.2, 0.25) is 0 Å². The molecule has 29 heavy (non-hydrogen) atoms. The Balaban J connectivity index is 1.93. The van der Waals surface area contributed by atoms with E-state index in [4.69, 9.17) is 16.3 Å². The first-order chi connectivity index (χ1) is 13.7. The summed E-state index contributed by atoms with van der Waals surface area (Å²) in [4.78, 5) is 12.7. The maximum absolute atomic E-state index is 13.0. The molecule has 0 aliphatic carbocycles. The quantitative estimate of drug-likeness (QED) is 0.632. The predicted molar refractivity (Wildman–Crippen MR) is 102 cm³/mol. The van der Waals surface area contributed by atoms with Crippen LogP contribution in [0.15, 0.2) is 42.5 Å². The molecule has 3 rings (SSSR count). The minimum atomic E-state index is -4.56. The van der Waals surface area contributed by atoms with Crippen molar-refractivity contribution < 1.29 is 22.7 Å². The molecule has 2 aromatic carbocycles. The zero-order valence-electron chi connectivity index (χ0n) is 15.4. The van der Waals surface area contributed by atoms with E-state index in [2.05, 4.69) is 15.6 Å². The summed E-state index contributed by atoms with van der Waals surface area (Å²) < 4.78 is 45.9. The normalized spacial score (nSPS) is 11.4. The Morgan fingerprint density at radius 3 is 2.66 bits per heavy atom. The summed E-state index contributed by atoms with van der Waals surface area (Å²) >= 11 is 5.98. The smallest absolute Gasteiger partial charge is 0.416 e. The van der Waals surface area contributed by atoms with Gasteiger partial charge in [0.1, 0.15) is 5.75 Å². The van der Waals surface area contributed by atoms with Gasteiger partial charge < -0.3 is 10.1 Å². The van der Waals surface area contributed by atoms with Crippen LogP contribution in [0.4, 0.5) is 18.9 Å². The molecule has 0 fully saturated rings. The van der Waals surface area contributed by atoms with Gasteiger partial charge in [-0.25, -0.2) is 4.68 Å². The highest BCUT2D eigenvalue weighted by atomic mass is 35.5. The van der Waals surface area contributed by atoms with E-state index in [1.807, 2.05) is 0 Å². The number of rotatable bonds is 5. The van der Waals surface area contributed by atoms with Gasteiger partial charge in [0.15, 0.2) is 5.69 Å². The van der Waals surface area contributed by atoms with Gasteiger partial charge in [-0.2, -0.15) is 13.2 Å². The van der Waals surface area contributed by atoms with Crippen molar-refractivity contribution >= 4 is 23.2 Å². The lowest BCUT2D eigenvalue weighted by molar-refractivity contribution is -0.137. The van der Waals surface area contributed by atoms with E-state index in [-0.39, 0.29) is 23.7 Å². The third kappa shape index (κ3) is 4.51. The number of alkyl halides is 3. The third-order valence-corrected chi connectivity index (χ3v) is 4.25. The molecule has 6 nitrogen and oxygen atoms in total. The number of hydrogen-bond donors (Lipinski definition) is 1. The molecule has 1 heterocycles. The highest BCUT2D eigenvalue weighted by Crippen LogP contribution is 2.35. The monoisotopic (exact) mass is 424 g/mol. The van der Waals surface area contributed by atoms with Crippen LogP contribution in [-0.2, 0) is 6.18 Å². The van der Waals surface area contributed by atoms with E-state index in [0.29, 0.717) is 16.4 Å². The van der Waals surface area contributed by atoms with Crippen molar-refractivity contribution in [3.8, 4) is 11.4 Å². The molecule has 0 spiro atoms. The van der Waals surface area contributed by atoms with Gasteiger partial charge in [-0.1, -0.05) is 22.9 Å². The maximum Gasteiger partial charge on any atom is 0.416 e. The fourth-order valence-electron chi connectivity index (χ4n) is 2.66. The molecular formula is C19H16ClF3N4O2. The SMILES string of the molecule is CCOc1ccc(C(F)(F)F)cc1NC(=O)c1nnn(-c2cccc(Cl)c2)c1C. The molecule has 1 N–H and O–H groups in total. The summed E-state index contributed by atoms with van der Waals surface area (Å²) in [5.74, 6) is -0.593. The highest BCUT2D eigenvalue weighted by Gasteiger charge is 2.31. The Hall–Kier alpha value is -3.07. The lowest BCUT2D eigenvalue weighted by atomic mass is 10.1. The topological polar surface area (TPSA) is 69.0 Å². The molecule has 0 unspecified atom stereocenters. The largest absolute Gasteiger partial charge is 0.492 e. The number of nitrogens with one attached hydrogen (secondary N) is 1. The Bertz CT molecular complexity index is 1050. The average Bonchev–Trinajstić information content (AvgIpc) is 3.04. The number of ether oxygens (including phenoxy) is 1. The standard InChI is InChI=1S/C19H16ClF3N4O2/c1-3-29-16-8-7-12(19(21,22)23)9-15(16)24-18(28)17-11(2)27(26-25-17)14-6-4-5-13(20)10-14/h4-10H,3H2,1-2H3,(H,24,28). The average molecular weight is 425 g/mol. The van der Waals surface area contributed by atoms with E-state index in [1.165, 1.54) is 4.68 Å². The molecule has 0 bridgehead atoms. The second-order valence-corrected chi connectivity index (χ2v) is 6.45. The second kappa shape index (κ2) is 8.12. The van der Waals surface area contributed by atoms with Crippen LogP contribution in [0.2, 0.25) is 5.02 Å². The van der Waals surface area contributed by atoms with Crippen LogP contribution in [-0.4, -0.2) is 27.5 Å². The minimum absolute atomic E-state index is 0.0372. The van der Waals surface area contributed by atoms with Gasteiger partial charge in [0, 0.05) is 5.02 Å². The van der Waals surface area contributed by atoms with Gasteiger partial charge in [0.25, 0.3) is 5.91 Å². The molecule has 10 heteroatoms. The molecule has 0 aliphatic rings. The number of benzene rings is 2.